The number of aromatic nitrogens is 3. The Bertz CT molecular complexity index is 944. The zero-order valence-corrected chi connectivity index (χ0v) is 14.1. The van der Waals surface area contributed by atoms with E-state index in [1.54, 1.807) is 16.8 Å². The monoisotopic (exact) mass is 345 g/mol. The molecule has 0 aliphatic rings. The lowest BCUT2D eigenvalue weighted by molar-refractivity contribution is -0.384. The van der Waals surface area contributed by atoms with E-state index in [2.05, 4.69) is 15.4 Å². The van der Waals surface area contributed by atoms with Crippen LogP contribution in [0.15, 0.2) is 24.3 Å². The van der Waals surface area contributed by atoms with Crippen LogP contribution in [0.4, 0.5) is 10.8 Å². The predicted molar refractivity (Wildman–Crippen MR) is 91.6 cm³/mol. The van der Waals surface area contributed by atoms with Crippen molar-refractivity contribution in [3.63, 3.8) is 0 Å². The predicted octanol–water partition coefficient (Wildman–Crippen LogP) is 3.54. The molecule has 1 aromatic carbocycles. The van der Waals surface area contributed by atoms with Crippen molar-refractivity contribution in [1.82, 2.24) is 14.8 Å². The number of carbonyl (C=O) groups excluding carboxylic acids is 1. The lowest BCUT2D eigenvalue weighted by Crippen LogP contribution is -2.13. The minimum absolute atomic E-state index is 0.00433. The Labute approximate surface area is 141 Å². The van der Waals surface area contributed by atoms with Crippen molar-refractivity contribution in [3.05, 3.63) is 45.8 Å². The highest BCUT2D eigenvalue weighted by Crippen LogP contribution is 2.29. The second kappa shape index (κ2) is 6.00. The summed E-state index contributed by atoms with van der Waals surface area (Å²) in [6.45, 7) is 5.87. The molecule has 9 heteroatoms. The molecule has 1 amide bonds. The average Bonchev–Trinajstić information content (AvgIpc) is 3.08. The van der Waals surface area contributed by atoms with Crippen molar-refractivity contribution in [3.8, 4) is 0 Å². The van der Waals surface area contributed by atoms with Crippen LogP contribution in [0.25, 0.3) is 10.2 Å². The number of nitrogens with one attached hydrogen (secondary N) is 1. The van der Waals surface area contributed by atoms with Crippen LogP contribution in [0.1, 0.15) is 36.1 Å². The topological polar surface area (TPSA) is 103 Å². The molecule has 3 aromatic rings. The van der Waals surface area contributed by atoms with E-state index >= 15 is 0 Å². The van der Waals surface area contributed by atoms with Gasteiger partial charge in [0.2, 0.25) is 0 Å². The number of thiazole rings is 1. The van der Waals surface area contributed by atoms with Gasteiger partial charge >= 0.3 is 0 Å². The third-order valence-electron chi connectivity index (χ3n) is 3.45. The van der Waals surface area contributed by atoms with Crippen molar-refractivity contribution in [2.75, 3.05) is 5.32 Å². The number of nitrogens with zero attached hydrogens (tertiary/aromatic N) is 4. The van der Waals surface area contributed by atoms with Crippen LogP contribution in [0, 0.1) is 17.0 Å². The lowest BCUT2D eigenvalue weighted by Gasteiger charge is -2.06. The largest absolute Gasteiger partial charge is 0.296 e. The van der Waals surface area contributed by atoms with Crippen molar-refractivity contribution in [2.24, 2.45) is 0 Å². The van der Waals surface area contributed by atoms with E-state index in [0.29, 0.717) is 21.0 Å². The fourth-order valence-corrected chi connectivity index (χ4v) is 3.26. The summed E-state index contributed by atoms with van der Waals surface area (Å²) in [4.78, 5) is 27.0. The van der Waals surface area contributed by atoms with E-state index in [1.165, 1.54) is 23.5 Å². The van der Waals surface area contributed by atoms with E-state index < -0.39 is 4.92 Å². The van der Waals surface area contributed by atoms with Gasteiger partial charge in [0, 0.05) is 23.9 Å². The molecular weight excluding hydrogens is 330 g/mol. The average molecular weight is 345 g/mol. The summed E-state index contributed by atoms with van der Waals surface area (Å²) in [7, 11) is 0. The molecular formula is C15H15N5O3S. The molecule has 124 valence electrons. The first-order valence-corrected chi connectivity index (χ1v) is 8.09. The molecule has 24 heavy (non-hydrogen) atoms. The quantitative estimate of drug-likeness (QED) is 0.575. The number of hydrogen-bond donors (Lipinski definition) is 1. The zero-order chi connectivity index (χ0) is 17.4. The van der Waals surface area contributed by atoms with Crippen molar-refractivity contribution >= 4 is 38.3 Å². The number of non-ortho nitro benzene ring substituents is 1. The molecule has 3 rings (SSSR count). The number of anilines is 1. The second-order valence-corrected chi connectivity index (χ2v) is 6.62. The van der Waals surface area contributed by atoms with Gasteiger partial charge in [-0.2, -0.15) is 5.10 Å². The number of amides is 1. The lowest BCUT2D eigenvalue weighted by atomic mass is 10.3. The third-order valence-corrected chi connectivity index (χ3v) is 4.38. The van der Waals surface area contributed by atoms with Gasteiger partial charge in [-0.15, -0.1) is 0 Å². The van der Waals surface area contributed by atoms with Gasteiger partial charge in [0.1, 0.15) is 0 Å². The van der Waals surface area contributed by atoms with Crippen molar-refractivity contribution < 1.29 is 9.72 Å². The molecule has 8 nitrogen and oxygen atoms in total. The highest BCUT2D eigenvalue weighted by Gasteiger charge is 2.16. The first kappa shape index (κ1) is 16.1. The SMILES string of the molecule is Cc1cc(C(=O)Nc2nc3ccc([N+](=O)[O-])cc3s2)nn1C(C)C. The number of rotatable bonds is 4. The molecule has 1 N–H and O–H groups in total. The van der Waals surface area contributed by atoms with E-state index in [0.717, 1.165) is 5.69 Å². The van der Waals surface area contributed by atoms with Gasteiger partial charge in [0.25, 0.3) is 11.6 Å². The van der Waals surface area contributed by atoms with Gasteiger partial charge in [-0.25, -0.2) is 4.98 Å². The third kappa shape index (κ3) is 2.98. The Morgan fingerprint density at radius 1 is 1.38 bits per heavy atom. The molecule has 0 atom stereocenters. The van der Waals surface area contributed by atoms with Crippen LogP contribution in [0.3, 0.4) is 0 Å². The highest BCUT2D eigenvalue weighted by molar-refractivity contribution is 7.22. The van der Waals surface area contributed by atoms with Crippen LogP contribution in [-0.4, -0.2) is 25.6 Å². The number of fused-ring (bicyclic) bond motifs is 1. The number of nitro groups is 1. The number of aryl methyl sites for hydroxylation is 1. The molecule has 0 saturated heterocycles. The summed E-state index contributed by atoms with van der Waals surface area (Å²) in [5, 5.41) is 18.2. The number of hydrogen-bond acceptors (Lipinski definition) is 6. The highest BCUT2D eigenvalue weighted by atomic mass is 32.1. The van der Waals surface area contributed by atoms with Crippen molar-refractivity contribution in [1.29, 1.82) is 0 Å². The van der Waals surface area contributed by atoms with Gasteiger partial charge in [0.05, 0.1) is 15.1 Å². The maximum absolute atomic E-state index is 12.3. The number of benzene rings is 1. The standard InChI is InChI=1S/C15H15N5O3S/c1-8(2)19-9(3)6-12(18-19)14(21)17-15-16-11-5-4-10(20(22)23)7-13(11)24-15/h4-8H,1-3H3,(H,16,17,21). The first-order chi connectivity index (χ1) is 11.3. The Kier molecular flexibility index (Phi) is 4.02. The van der Waals surface area contributed by atoms with E-state index in [9.17, 15) is 14.9 Å². The zero-order valence-electron chi connectivity index (χ0n) is 13.3. The van der Waals surface area contributed by atoms with Crippen LogP contribution in [0.2, 0.25) is 0 Å². The minimum atomic E-state index is -0.460. The van der Waals surface area contributed by atoms with Gasteiger partial charge in [0.15, 0.2) is 10.8 Å². The Hall–Kier alpha value is -2.81. The maximum Gasteiger partial charge on any atom is 0.277 e. The van der Waals surface area contributed by atoms with Gasteiger partial charge < -0.3 is 0 Å². The molecule has 0 bridgehead atoms. The van der Waals surface area contributed by atoms with E-state index in [-0.39, 0.29) is 17.6 Å². The summed E-state index contributed by atoms with van der Waals surface area (Å²) in [5.74, 6) is -0.356. The summed E-state index contributed by atoms with van der Waals surface area (Å²) in [6.07, 6.45) is 0. The first-order valence-electron chi connectivity index (χ1n) is 7.27. The molecule has 0 radical (unpaired) electrons. The van der Waals surface area contributed by atoms with E-state index in [1.807, 2.05) is 20.8 Å². The van der Waals surface area contributed by atoms with Crippen LogP contribution < -0.4 is 5.32 Å². The Morgan fingerprint density at radius 2 is 2.12 bits per heavy atom. The van der Waals surface area contributed by atoms with Crippen molar-refractivity contribution in [2.45, 2.75) is 26.8 Å². The van der Waals surface area contributed by atoms with Crippen LogP contribution >= 0.6 is 11.3 Å². The Balaban J connectivity index is 1.85. The number of carbonyl (C=O) groups is 1. The summed E-state index contributed by atoms with van der Waals surface area (Å²) in [6, 6.07) is 6.28. The number of nitro benzene ring substituents is 1. The molecule has 0 aliphatic carbocycles. The Morgan fingerprint density at radius 3 is 2.75 bits per heavy atom. The molecule has 0 aliphatic heterocycles. The molecule has 2 heterocycles. The summed E-state index contributed by atoms with van der Waals surface area (Å²) >= 11 is 1.19. The summed E-state index contributed by atoms with van der Waals surface area (Å²) in [5.41, 5.74) is 1.81. The summed E-state index contributed by atoms with van der Waals surface area (Å²) < 4.78 is 2.42. The van der Waals surface area contributed by atoms with Gasteiger partial charge in [-0.05, 0) is 32.9 Å². The fraction of sp³-hybridized carbons (Fsp3) is 0.267. The van der Waals surface area contributed by atoms with E-state index in [4.69, 9.17) is 0 Å². The molecule has 0 spiro atoms. The van der Waals surface area contributed by atoms with Crippen LogP contribution in [-0.2, 0) is 0 Å². The van der Waals surface area contributed by atoms with Crippen LogP contribution in [0.5, 0.6) is 0 Å². The maximum atomic E-state index is 12.3. The molecule has 0 fully saturated rings. The molecule has 0 unspecified atom stereocenters. The van der Waals surface area contributed by atoms with Gasteiger partial charge in [-0.3, -0.25) is 24.9 Å². The normalized spacial score (nSPS) is 11.2. The molecule has 0 saturated carbocycles. The smallest absolute Gasteiger partial charge is 0.277 e. The fourth-order valence-electron chi connectivity index (χ4n) is 2.36. The molecule has 2 aromatic heterocycles. The van der Waals surface area contributed by atoms with Gasteiger partial charge in [-0.1, -0.05) is 11.3 Å². The minimum Gasteiger partial charge on any atom is -0.296 e. The second-order valence-electron chi connectivity index (χ2n) is 5.59.